The van der Waals surface area contributed by atoms with Crippen LogP contribution in [0.25, 0.3) is 11.4 Å². The molecule has 0 fully saturated rings. The zero-order valence-corrected chi connectivity index (χ0v) is 16.9. The number of aromatic amines is 1. The third-order valence-electron chi connectivity index (χ3n) is 5.51. The third kappa shape index (κ3) is 3.77. The maximum absolute atomic E-state index is 12.8. The molecule has 4 heterocycles. The van der Waals surface area contributed by atoms with Gasteiger partial charge in [0.15, 0.2) is 11.5 Å². The quantitative estimate of drug-likeness (QED) is 0.613. The number of nitrogens with one attached hydrogen (secondary N) is 3. The Bertz CT molecular complexity index is 1030. The van der Waals surface area contributed by atoms with Gasteiger partial charge in [0, 0.05) is 55.0 Å². The van der Waals surface area contributed by atoms with E-state index in [1.54, 1.807) is 0 Å². The fourth-order valence-electron chi connectivity index (χ4n) is 4.04. The van der Waals surface area contributed by atoms with Crippen molar-refractivity contribution in [3.8, 4) is 11.4 Å². The van der Waals surface area contributed by atoms with Crippen LogP contribution in [0.3, 0.4) is 0 Å². The van der Waals surface area contributed by atoms with Gasteiger partial charge in [-0.2, -0.15) is 5.10 Å². The second-order valence-electron chi connectivity index (χ2n) is 7.39. The van der Waals surface area contributed by atoms with Crippen molar-refractivity contribution in [2.24, 2.45) is 0 Å². The van der Waals surface area contributed by atoms with Gasteiger partial charge in [0.2, 0.25) is 0 Å². The molecule has 5 rings (SSSR count). The average molecular weight is 414 g/mol. The van der Waals surface area contributed by atoms with E-state index >= 15 is 0 Å². The molecule has 0 aliphatic carbocycles. The van der Waals surface area contributed by atoms with Crippen molar-refractivity contribution in [3.05, 3.63) is 47.0 Å². The van der Waals surface area contributed by atoms with Crippen LogP contribution in [-0.2, 0) is 25.9 Å². The van der Waals surface area contributed by atoms with Crippen LogP contribution in [0, 0.1) is 0 Å². The number of aromatic nitrogens is 5. The van der Waals surface area contributed by atoms with Crippen LogP contribution in [0.5, 0.6) is 0 Å². The second-order valence-corrected chi connectivity index (χ2v) is 7.39. The Morgan fingerprint density at radius 2 is 2.07 bits per heavy atom. The first kappa shape index (κ1) is 19.6. The summed E-state index contributed by atoms with van der Waals surface area (Å²) in [7, 11) is 0. The second kappa shape index (κ2) is 8.34. The summed E-state index contributed by atoms with van der Waals surface area (Å²) in [5.41, 5.74) is 4.16. The number of amides is 1. The number of fused-ring (bicyclic) bond motifs is 2. The normalized spacial score (nSPS) is 15.6. The molecule has 0 radical (unpaired) electrons. The predicted molar refractivity (Wildman–Crippen MR) is 112 cm³/mol. The molecule has 3 aromatic rings. The van der Waals surface area contributed by atoms with Crippen LogP contribution < -0.4 is 10.6 Å². The molecule has 0 atom stereocenters. The van der Waals surface area contributed by atoms with Gasteiger partial charge < -0.3 is 15.2 Å². The highest BCUT2D eigenvalue weighted by molar-refractivity contribution is 6.04. The zero-order chi connectivity index (χ0) is 18.9. The van der Waals surface area contributed by atoms with Gasteiger partial charge in [0.25, 0.3) is 5.91 Å². The van der Waals surface area contributed by atoms with E-state index < -0.39 is 0 Å². The summed E-state index contributed by atoms with van der Waals surface area (Å²) in [6.45, 7) is 2.52. The van der Waals surface area contributed by atoms with Crippen molar-refractivity contribution in [2.75, 3.05) is 11.9 Å². The van der Waals surface area contributed by atoms with E-state index in [0.29, 0.717) is 12.2 Å². The number of nitrogens with zero attached hydrogens (tertiary/aromatic N) is 4. The molecule has 8 nitrogen and oxygen atoms in total. The Morgan fingerprint density at radius 3 is 3.00 bits per heavy atom. The number of aryl methyl sites for hydroxylation is 1. The number of carbonyl (C=O) groups is 1. The van der Waals surface area contributed by atoms with E-state index in [0.717, 1.165) is 72.9 Å². The summed E-state index contributed by atoms with van der Waals surface area (Å²) in [5.74, 6) is 1.73. The van der Waals surface area contributed by atoms with E-state index in [1.165, 1.54) is 6.42 Å². The molecular formula is C20H24ClN7O. The van der Waals surface area contributed by atoms with Crippen molar-refractivity contribution in [2.45, 2.75) is 45.2 Å². The number of anilines is 1. The van der Waals surface area contributed by atoms with Crippen LogP contribution >= 0.6 is 12.4 Å². The summed E-state index contributed by atoms with van der Waals surface area (Å²) in [4.78, 5) is 12.8. The maximum atomic E-state index is 12.8. The van der Waals surface area contributed by atoms with E-state index in [2.05, 4.69) is 35.6 Å². The number of halogens is 1. The first-order valence-corrected chi connectivity index (χ1v) is 9.90. The molecule has 2 aromatic heterocycles. The number of hydrogen-bond donors (Lipinski definition) is 3. The molecule has 2 aliphatic rings. The molecule has 3 N–H and O–H groups in total. The average Bonchev–Trinajstić information content (AvgIpc) is 3.26. The Labute approximate surface area is 174 Å². The first-order chi connectivity index (χ1) is 13.8. The highest BCUT2D eigenvalue weighted by atomic mass is 35.5. The minimum Gasteiger partial charge on any atom is -0.321 e. The molecule has 152 valence electrons. The summed E-state index contributed by atoms with van der Waals surface area (Å²) in [6, 6.07) is 7.79. The van der Waals surface area contributed by atoms with E-state index in [4.69, 9.17) is 0 Å². The number of carbonyl (C=O) groups excluding carboxylic acids is 1. The van der Waals surface area contributed by atoms with Crippen LogP contribution in [0.2, 0.25) is 0 Å². The molecule has 0 unspecified atom stereocenters. The van der Waals surface area contributed by atoms with Gasteiger partial charge >= 0.3 is 0 Å². The van der Waals surface area contributed by atoms with E-state index in [9.17, 15) is 4.79 Å². The van der Waals surface area contributed by atoms with Gasteiger partial charge in [-0.05, 0) is 25.0 Å². The van der Waals surface area contributed by atoms with Crippen molar-refractivity contribution in [1.29, 1.82) is 0 Å². The monoisotopic (exact) mass is 413 g/mol. The molecule has 0 saturated heterocycles. The number of benzene rings is 1. The number of hydrogen-bond acceptors (Lipinski definition) is 5. The number of rotatable bonds is 3. The third-order valence-corrected chi connectivity index (χ3v) is 5.51. The summed E-state index contributed by atoms with van der Waals surface area (Å²) in [6.07, 6.45) is 5.37. The van der Waals surface area contributed by atoms with Gasteiger partial charge in [0.1, 0.15) is 5.82 Å². The van der Waals surface area contributed by atoms with Crippen LogP contribution in [0.15, 0.2) is 24.3 Å². The van der Waals surface area contributed by atoms with Crippen LogP contribution in [0.1, 0.15) is 46.8 Å². The summed E-state index contributed by atoms with van der Waals surface area (Å²) in [5, 5.41) is 22.3. The lowest BCUT2D eigenvalue weighted by atomic mass is 10.1. The minimum atomic E-state index is -0.196. The topological polar surface area (TPSA) is 101 Å². The molecule has 9 heteroatoms. The molecule has 0 spiro atoms. The molecule has 0 bridgehead atoms. The summed E-state index contributed by atoms with van der Waals surface area (Å²) >= 11 is 0. The lowest BCUT2D eigenvalue weighted by Crippen LogP contribution is -2.25. The number of H-pyrrole nitrogens is 1. The first-order valence-electron chi connectivity index (χ1n) is 9.90. The molecule has 1 aromatic carbocycles. The summed E-state index contributed by atoms with van der Waals surface area (Å²) < 4.78 is 2.21. The Balaban J connectivity index is 0.00000205. The van der Waals surface area contributed by atoms with Gasteiger partial charge in [-0.3, -0.25) is 9.89 Å². The van der Waals surface area contributed by atoms with Crippen molar-refractivity contribution < 1.29 is 4.79 Å². The standard InChI is InChI=1S/C20H23N7O.ClH/c28-20(18-15-12-21-9-8-16(15)23-25-18)22-14-6-4-5-13(11-14)19-26-24-17-7-2-1-3-10-27(17)19;/h4-6,11,21H,1-3,7-10,12H2,(H,22,28)(H,23,25);1H. The van der Waals surface area contributed by atoms with Gasteiger partial charge in [0.05, 0.1) is 0 Å². The zero-order valence-electron chi connectivity index (χ0n) is 16.1. The predicted octanol–water partition coefficient (Wildman–Crippen LogP) is 2.71. The van der Waals surface area contributed by atoms with Gasteiger partial charge in [-0.1, -0.05) is 18.6 Å². The van der Waals surface area contributed by atoms with Crippen molar-refractivity contribution in [3.63, 3.8) is 0 Å². The molecule has 0 saturated carbocycles. The molecular weight excluding hydrogens is 390 g/mol. The van der Waals surface area contributed by atoms with Gasteiger partial charge in [-0.15, -0.1) is 22.6 Å². The van der Waals surface area contributed by atoms with Gasteiger partial charge in [-0.25, -0.2) is 0 Å². The highest BCUT2D eigenvalue weighted by Crippen LogP contribution is 2.25. The lowest BCUT2D eigenvalue weighted by Gasteiger charge is -2.13. The highest BCUT2D eigenvalue weighted by Gasteiger charge is 2.22. The largest absolute Gasteiger partial charge is 0.321 e. The van der Waals surface area contributed by atoms with Crippen LogP contribution in [0.4, 0.5) is 5.69 Å². The van der Waals surface area contributed by atoms with Crippen LogP contribution in [-0.4, -0.2) is 37.4 Å². The molecule has 2 aliphatic heterocycles. The minimum absolute atomic E-state index is 0. The SMILES string of the molecule is Cl.O=C(Nc1cccc(-c2nnc3n2CCCCC3)c1)c1n[nH]c2c1CNCC2. The lowest BCUT2D eigenvalue weighted by molar-refractivity contribution is 0.102. The Hall–Kier alpha value is -2.71. The van der Waals surface area contributed by atoms with E-state index in [-0.39, 0.29) is 18.3 Å². The molecule has 1 amide bonds. The Morgan fingerprint density at radius 1 is 1.14 bits per heavy atom. The van der Waals surface area contributed by atoms with Crippen molar-refractivity contribution in [1.82, 2.24) is 30.3 Å². The fourth-order valence-corrected chi connectivity index (χ4v) is 4.04. The van der Waals surface area contributed by atoms with E-state index in [1.807, 2.05) is 24.3 Å². The van der Waals surface area contributed by atoms with Crippen molar-refractivity contribution >= 4 is 24.0 Å². The smallest absolute Gasteiger partial charge is 0.276 e. The fraction of sp³-hybridized carbons (Fsp3) is 0.400. The Kier molecular flexibility index (Phi) is 5.64. The maximum Gasteiger partial charge on any atom is 0.276 e. The molecule has 29 heavy (non-hydrogen) atoms.